The summed E-state index contributed by atoms with van der Waals surface area (Å²) in [6.45, 7) is -0.729. The molecule has 23 heavy (non-hydrogen) atoms. The first-order chi connectivity index (χ1) is 10.9. The van der Waals surface area contributed by atoms with Crippen molar-refractivity contribution >= 4 is 26.8 Å². The van der Waals surface area contributed by atoms with Crippen LogP contribution in [0.4, 0.5) is 13.2 Å². The van der Waals surface area contributed by atoms with Crippen molar-refractivity contribution in [2.24, 2.45) is 5.73 Å². The molecule has 0 aliphatic heterocycles. The second-order valence-electron chi connectivity index (χ2n) is 5.16. The Morgan fingerprint density at radius 1 is 1.17 bits per heavy atom. The maximum absolute atomic E-state index is 13.0. The number of alkyl halides is 3. The highest BCUT2D eigenvalue weighted by atomic mass is 79.9. The van der Waals surface area contributed by atoms with Crippen molar-refractivity contribution in [2.75, 3.05) is 0 Å². The van der Waals surface area contributed by atoms with Gasteiger partial charge in [0.1, 0.15) is 6.54 Å². The minimum absolute atomic E-state index is 0.338. The van der Waals surface area contributed by atoms with E-state index in [0.29, 0.717) is 23.4 Å². The Labute approximate surface area is 139 Å². The minimum atomic E-state index is -4.32. The van der Waals surface area contributed by atoms with Crippen molar-refractivity contribution < 1.29 is 13.2 Å². The van der Waals surface area contributed by atoms with Crippen LogP contribution in [0.25, 0.3) is 22.3 Å². The van der Waals surface area contributed by atoms with Crippen molar-refractivity contribution in [3.63, 3.8) is 0 Å². The van der Waals surface area contributed by atoms with Crippen LogP contribution in [0.1, 0.15) is 5.56 Å². The number of pyridine rings is 1. The fraction of sp³-hybridized carbons (Fsp3) is 0.188. The molecule has 1 aromatic carbocycles. The molecule has 0 aliphatic carbocycles. The minimum Gasteiger partial charge on any atom is -0.330 e. The third-order valence-electron chi connectivity index (χ3n) is 3.55. The van der Waals surface area contributed by atoms with Gasteiger partial charge in [-0.05, 0) is 29.8 Å². The molecular weight excluding hydrogens is 371 g/mol. The van der Waals surface area contributed by atoms with Crippen molar-refractivity contribution in [3.8, 4) is 11.4 Å². The van der Waals surface area contributed by atoms with Crippen LogP contribution in [0.5, 0.6) is 0 Å². The van der Waals surface area contributed by atoms with Crippen LogP contribution in [0.2, 0.25) is 0 Å². The zero-order valence-electron chi connectivity index (χ0n) is 11.9. The predicted octanol–water partition coefficient (Wildman–Crippen LogP) is 4.49. The fourth-order valence-electron chi connectivity index (χ4n) is 2.51. The summed E-state index contributed by atoms with van der Waals surface area (Å²) in [5, 5.41) is 0.719. The molecule has 0 bridgehead atoms. The lowest BCUT2D eigenvalue weighted by Gasteiger charge is -2.13. The number of rotatable bonds is 3. The van der Waals surface area contributed by atoms with Gasteiger partial charge in [-0.25, -0.2) is 0 Å². The molecule has 3 rings (SSSR count). The molecule has 0 amide bonds. The molecular formula is C16H13BrF3N3. The summed E-state index contributed by atoms with van der Waals surface area (Å²) in [5.74, 6) is 0. The number of benzene rings is 1. The van der Waals surface area contributed by atoms with E-state index in [2.05, 4.69) is 20.9 Å². The number of halogens is 4. The van der Waals surface area contributed by atoms with Crippen LogP contribution in [0.3, 0.4) is 0 Å². The predicted molar refractivity (Wildman–Crippen MR) is 86.8 cm³/mol. The normalized spacial score (nSPS) is 12.0. The highest BCUT2D eigenvalue weighted by Gasteiger charge is 2.30. The number of aromatic nitrogens is 2. The Morgan fingerprint density at radius 3 is 2.57 bits per heavy atom. The van der Waals surface area contributed by atoms with Gasteiger partial charge < -0.3 is 10.3 Å². The van der Waals surface area contributed by atoms with Crippen molar-refractivity contribution in [3.05, 3.63) is 52.6 Å². The summed E-state index contributed by atoms with van der Waals surface area (Å²) in [6.07, 6.45) is -2.74. The third kappa shape index (κ3) is 3.25. The van der Waals surface area contributed by atoms with Gasteiger partial charge in [-0.3, -0.25) is 4.98 Å². The van der Waals surface area contributed by atoms with E-state index in [-0.39, 0.29) is 0 Å². The van der Waals surface area contributed by atoms with E-state index in [1.807, 2.05) is 0 Å². The van der Waals surface area contributed by atoms with Crippen molar-refractivity contribution in [1.29, 1.82) is 0 Å². The van der Waals surface area contributed by atoms with E-state index >= 15 is 0 Å². The van der Waals surface area contributed by atoms with Gasteiger partial charge in [0.15, 0.2) is 0 Å². The SMILES string of the molecule is NCc1ccc(-c2cc3c(Br)cccc3n2CC(F)(F)F)nc1. The molecule has 0 saturated heterocycles. The van der Waals surface area contributed by atoms with E-state index in [1.165, 1.54) is 4.57 Å². The van der Waals surface area contributed by atoms with E-state index in [9.17, 15) is 13.2 Å². The number of nitrogens with two attached hydrogens (primary N) is 1. The molecule has 2 heterocycles. The van der Waals surface area contributed by atoms with Crippen LogP contribution in [-0.4, -0.2) is 15.7 Å². The maximum atomic E-state index is 13.0. The highest BCUT2D eigenvalue weighted by molar-refractivity contribution is 9.10. The average Bonchev–Trinajstić information content (AvgIpc) is 2.86. The lowest BCUT2D eigenvalue weighted by Crippen LogP contribution is -2.18. The first-order valence-corrected chi connectivity index (χ1v) is 7.68. The second-order valence-corrected chi connectivity index (χ2v) is 6.01. The topological polar surface area (TPSA) is 43.8 Å². The van der Waals surface area contributed by atoms with E-state index in [4.69, 9.17) is 5.73 Å². The van der Waals surface area contributed by atoms with Crippen LogP contribution < -0.4 is 5.73 Å². The van der Waals surface area contributed by atoms with Crippen LogP contribution >= 0.6 is 15.9 Å². The number of nitrogens with zero attached hydrogens (tertiary/aromatic N) is 2. The van der Waals surface area contributed by atoms with Gasteiger partial charge in [0.25, 0.3) is 0 Å². The van der Waals surface area contributed by atoms with Crippen LogP contribution in [0, 0.1) is 0 Å². The molecule has 3 nitrogen and oxygen atoms in total. The van der Waals surface area contributed by atoms with Gasteiger partial charge in [0, 0.05) is 28.1 Å². The zero-order chi connectivity index (χ0) is 16.6. The molecule has 2 aromatic heterocycles. The van der Waals surface area contributed by atoms with Crippen molar-refractivity contribution in [1.82, 2.24) is 9.55 Å². The van der Waals surface area contributed by atoms with Crippen LogP contribution in [0.15, 0.2) is 47.1 Å². The number of hydrogen-bond donors (Lipinski definition) is 1. The summed E-state index contributed by atoms with van der Waals surface area (Å²) in [6, 6.07) is 10.4. The number of hydrogen-bond acceptors (Lipinski definition) is 2. The molecule has 0 aliphatic rings. The summed E-state index contributed by atoms with van der Waals surface area (Å²) in [7, 11) is 0. The van der Waals surface area contributed by atoms with Crippen molar-refractivity contribution in [2.45, 2.75) is 19.3 Å². The summed E-state index contributed by atoms with van der Waals surface area (Å²) in [5.41, 5.74) is 7.78. The van der Waals surface area contributed by atoms with E-state index in [0.717, 1.165) is 15.4 Å². The third-order valence-corrected chi connectivity index (χ3v) is 4.24. The molecule has 0 atom stereocenters. The Morgan fingerprint density at radius 2 is 1.96 bits per heavy atom. The second kappa shape index (κ2) is 5.98. The monoisotopic (exact) mass is 383 g/mol. The van der Waals surface area contributed by atoms with Gasteiger partial charge in [-0.1, -0.05) is 28.1 Å². The maximum Gasteiger partial charge on any atom is 0.406 e. The van der Waals surface area contributed by atoms with E-state index in [1.54, 1.807) is 42.6 Å². The molecule has 0 fully saturated rings. The fourth-order valence-corrected chi connectivity index (χ4v) is 2.98. The molecule has 0 spiro atoms. The van der Waals surface area contributed by atoms with Gasteiger partial charge >= 0.3 is 6.18 Å². The van der Waals surface area contributed by atoms with Gasteiger partial charge in [0.2, 0.25) is 0 Å². The summed E-state index contributed by atoms with van der Waals surface area (Å²) >= 11 is 3.39. The summed E-state index contributed by atoms with van der Waals surface area (Å²) < 4.78 is 41.0. The molecule has 0 unspecified atom stereocenters. The molecule has 120 valence electrons. The standard InChI is InChI=1S/C16H13BrF3N3/c17-12-2-1-3-14-11(12)6-15(23(14)9-16(18,19)20)13-5-4-10(7-21)8-22-13/h1-6,8H,7,9,21H2. The van der Waals surface area contributed by atoms with Gasteiger partial charge in [0.05, 0.1) is 11.4 Å². The average molecular weight is 384 g/mol. The first kappa shape index (κ1) is 16.0. The molecule has 3 aromatic rings. The lowest BCUT2D eigenvalue weighted by atomic mass is 10.2. The Hall–Kier alpha value is -1.86. The van der Waals surface area contributed by atoms with Gasteiger partial charge in [-0.2, -0.15) is 13.2 Å². The Balaban J connectivity index is 2.21. The van der Waals surface area contributed by atoms with E-state index < -0.39 is 12.7 Å². The smallest absolute Gasteiger partial charge is 0.330 e. The Kier molecular flexibility index (Phi) is 4.16. The molecule has 7 heteroatoms. The molecule has 0 saturated carbocycles. The van der Waals surface area contributed by atoms with Crippen LogP contribution in [-0.2, 0) is 13.1 Å². The quantitative estimate of drug-likeness (QED) is 0.724. The lowest BCUT2D eigenvalue weighted by molar-refractivity contribution is -0.139. The zero-order valence-corrected chi connectivity index (χ0v) is 13.5. The summed E-state index contributed by atoms with van der Waals surface area (Å²) in [4.78, 5) is 4.25. The molecule has 0 radical (unpaired) electrons. The van der Waals surface area contributed by atoms with Gasteiger partial charge in [-0.15, -0.1) is 0 Å². The Bertz CT molecular complexity index is 838. The largest absolute Gasteiger partial charge is 0.406 e. The first-order valence-electron chi connectivity index (χ1n) is 6.89. The highest BCUT2D eigenvalue weighted by Crippen LogP contribution is 2.34. The molecule has 2 N–H and O–H groups in total. The number of fused-ring (bicyclic) bond motifs is 1.